The van der Waals surface area contributed by atoms with E-state index in [0.29, 0.717) is 5.13 Å². The third-order valence-corrected chi connectivity index (χ3v) is 3.72. The van der Waals surface area contributed by atoms with E-state index in [-0.39, 0.29) is 0 Å². The van der Waals surface area contributed by atoms with Gasteiger partial charge in [-0.1, -0.05) is 6.92 Å². The summed E-state index contributed by atoms with van der Waals surface area (Å²) in [7, 11) is 0. The molecule has 0 aromatic carbocycles. The van der Waals surface area contributed by atoms with Gasteiger partial charge in [-0.15, -0.1) is 11.3 Å². The lowest BCUT2D eigenvalue weighted by molar-refractivity contribution is 0.185. The van der Waals surface area contributed by atoms with Gasteiger partial charge in [0.05, 0.1) is 5.69 Å². The van der Waals surface area contributed by atoms with Crippen molar-refractivity contribution < 1.29 is 0 Å². The molecule has 1 aliphatic heterocycles. The molecule has 1 fully saturated rings. The van der Waals surface area contributed by atoms with Crippen LogP contribution in [0.25, 0.3) is 0 Å². The average molecular weight is 225 g/mol. The van der Waals surface area contributed by atoms with Crippen LogP contribution in [0.15, 0.2) is 5.38 Å². The zero-order valence-corrected chi connectivity index (χ0v) is 10.1. The fourth-order valence-corrected chi connectivity index (χ4v) is 2.80. The number of aromatic nitrogens is 1. The predicted octanol–water partition coefficient (Wildman–Crippen LogP) is 2.00. The molecular weight excluding hydrogens is 206 g/mol. The third kappa shape index (κ3) is 3.18. The molecule has 15 heavy (non-hydrogen) atoms. The van der Waals surface area contributed by atoms with Crippen LogP contribution in [-0.2, 0) is 6.42 Å². The number of nitrogens with zero attached hydrogens (tertiary/aromatic N) is 2. The smallest absolute Gasteiger partial charge is 0.180 e. The van der Waals surface area contributed by atoms with E-state index in [9.17, 15) is 0 Å². The summed E-state index contributed by atoms with van der Waals surface area (Å²) >= 11 is 1.54. The van der Waals surface area contributed by atoms with Crippen LogP contribution in [0.1, 0.15) is 25.5 Å². The minimum Gasteiger partial charge on any atom is -0.375 e. The Morgan fingerprint density at radius 1 is 1.67 bits per heavy atom. The molecule has 4 heteroatoms. The largest absolute Gasteiger partial charge is 0.375 e. The highest BCUT2D eigenvalue weighted by atomic mass is 32.1. The Morgan fingerprint density at radius 3 is 3.20 bits per heavy atom. The first-order valence-electron chi connectivity index (χ1n) is 5.66. The molecule has 2 heterocycles. The summed E-state index contributed by atoms with van der Waals surface area (Å²) in [4.78, 5) is 6.83. The quantitative estimate of drug-likeness (QED) is 0.855. The molecule has 0 amide bonds. The molecule has 1 atom stereocenters. The molecule has 1 aromatic rings. The van der Waals surface area contributed by atoms with Crippen molar-refractivity contribution >= 4 is 16.5 Å². The van der Waals surface area contributed by atoms with Crippen LogP contribution in [0.5, 0.6) is 0 Å². The van der Waals surface area contributed by atoms with Gasteiger partial charge >= 0.3 is 0 Å². The Hall–Kier alpha value is -0.610. The molecule has 1 aliphatic rings. The van der Waals surface area contributed by atoms with E-state index in [1.54, 1.807) is 0 Å². The Balaban J connectivity index is 1.77. The maximum absolute atomic E-state index is 5.60. The third-order valence-electron chi connectivity index (χ3n) is 2.99. The Bertz CT molecular complexity index is 311. The normalized spacial score (nSPS) is 23.1. The second kappa shape index (κ2) is 4.94. The second-order valence-corrected chi connectivity index (χ2v) is 5.36. The maximum Gasteiger partial charge on any atom is 0.180 e. The molecule has 3 nitrogen and oxygen atoms in total. The lowest BCUT2D eigenvalue weighted by Crippen LogP contribution is -2.35. The van der Waals surface area contributed by atoms with Gasteiger partial charge < -0.3 is 10.6 Å². The van der Waals surface area contributed by atoms with E-state index < -0.39 is 0 Å². The number of anilines is 1. The zero-order valence-electron chi connectivity index (χ0n) is 9.28. The van der Waals surface area contributed by atoms with Crippen molar-refractivity contribution in [3.8, 4) is 0 Å². The fraction of sp³-hybridized carbons (Fsp3) is 0.727. The second-order valence-electron chi connectivity index (χ2n) is 4.48. The number of likely N-dealkylation sites (tertiary alicyclic amines) is 1. The molecule has 2 rings (SSSR count). The van der Waals surface area contributed by atoms with Crippen molar-refractivity contribution in [2.75, 3.05) is 25.4 Å². The summed E-state index contributed by atoms with van der Waals surface area (Å²) in [5.74, 6) is 0.860. The van der Waals surface area contributed by atoms with Crippen LogP contribution in [0, 0.1) is 5.92 Å². The maximum atomic E-state index is 5.60. The monoisotopic (exact) mass is 225 g/mol. The van der Waals surface area contributed by atoms with Crippen molar-refractivity contribution in [3.05, 3.63) is 11.1 Å². The zero-order chi connectivity index (χ0) is 10.7. The first kappa shape index (κ1) is 10.9. The van der Waals surface area contributed by atoms with Gasteiger partial charge in [-0.3, -0.25) is 0 Å². The van der Waals surface area contributed by atoms with Gasteiger partial charge in [0.25, 0.3) is 0 Å². The van der Waals surface area contributed by atoms with Gasteiger partial charge in [0.2, 0.25) is 0 Å². The van der Waals surface area contributed by atoms with Crippen molar-refractivity contribution in [3.63, 3.8) is 0 Å². The van der Waals surface area contributed by atoms with Crippen molar-refractivity contribution in [1.29, 1.82) is 0 Å². The summed E-state index contributed by atoms with van der Waals surface area (Å²) in [5.41, 5.74) is 6.75. The molecule has 0 aliphatic carbocycles. The summed E-state index contributed by atoms with van der Waals surface area (Å²) in [6.45, 7) is 5.98. The van der Waals surface area contributed by atoms with Gasteiger partial charge in [-0.25, -0.2) is 4.98 Å². The Kier molecular flexibility index (Phi) is 3.59. The number of nitrogen functional groups attached to an aromatic ring is 1. The van der Waals surface area contributed by atoms with E-state index in [0.717, 1.165) is 24.6 Å². The number of piperidine rings is 1. The highest BCUT2D eigenvalue weighted by molar-refractivity contribution is 7.13. The molecule has 0 bridgehead atoms. The number of thiazole rings is 1. The molecule has 1 saturated heterocycles. The highest BCUT2D eigenvalue weighted by Crippen LogP contribution is 2.16. The van der Waals surface area contributed by atoms with E-state index in [1.165, 1.54) is 37.3 Å². The van der Waals surface area contributed by atoms with Gasteiger partial charge in [-0.2, -0.15) is 0 Å². The summed E-state index contributed by atoms with van der Waals surface area (Å²) in [6.07, 6.45) is 3.78. The molecule has 2 N–H and O–H groups in total. The van der Waals surface area contributed by atoms with E-state index in [2.05, 4.69) is 22.2 Å². The highest BCUT2D eigenvalue weighted by Gasteiger charge is 2.15. The average Bonchev–Trinajstić information content (AvgIpc) is 2.62. The summed E-state index contributed by atoms with van der Waals surface area (Å²) < 4.78 is 0. The molecular formula is C11H19N3S. The van der Waals surface area contributed by atoms with Gasteiger partial charge in [-0.05, 0) is 25.3 Å². The van der Waals surface area contributed by atoms with Crippen LogP contribution < -0.4 is 5.73 Å². The minimum absolute atomic E-state index is 0.692. The van der Waals surface area contributed by atoms with Crippen LogP contribution in [0.3, 0.4) is 0 Å². The summed E-state index contributed by atoms with van der Waals surface area (Å²) in [6, 6.07) is 0. The number of rotatable bonds is 3. The van der Waals surface area contributed by atoms with Gasteiger partial charge in [0.15, 0.2) is 5.13 Å². The van der Waals surface area contributed by atoms with Crippen LogP contribution in [-0.4, -0.2) is 29.5 Å². The molecule has 1 aromatic heterocycles. The fourth-order valence-electron chi connectivity index (χ4n) is 2.20. The standard InChI is InChI=1S/C11H19N3S/c1-9-3-2-5-14(7-9)6-4-10-8-15-11(12)13-10/h8-9H,2-7H2,1H3,(H2,12,13). The van der Waals surface area contributed by atoms with E-state index in [1.807, 2.05) is 0 Å². The molecule has 1 unspecified atom stereocenters. The van der Waals surface area contributed by atoms with Gasteiger partial charge in [0, 0.05) is 24.9 Å². The van der Waals surface area contributed by atoms with Gasteiger partial charge in [0.1, 0.15) is 0 Å². The van der Waals surface area contributed by atoms with Crippen LogP contribution in [0.4, 0.5) is 5.13 Å². The molecule has 0 spiro atoms. The van der Waals surface area contributed by atoms with E-state index in [4.69, 9.17) is 5.73 Å². The van der Waals surface area contributed by atoms with Crippen molar-refractivity contribution in [1.82, 2.24) is 9.88 Å². The van der Waals surface area contributed by atoms with E-state index >= 15 is 0 Å². The molecule has 0 saturated carbocycles. The first-order chi connectivity index (χ1) is 7.24. The lowest BCUT2D eigenvalue weighted by atomic mass is 10.0. The topological polar surface area (TPSA) is 42.1 Å². The SMILES string of the molecule is CC1CCCN(CCc2csc(N)n2)C1. The lowest BCUT2D eigenvalue weighted by Gasteiger charge is -2.30. The van der Waals surface area contributed by atoms with Crippen LogP contribution in [0.2, 0.25) is 0 Å². The molecule has 0 radical (unpaired) electrons. The number of hydrogen-bond donors (Lipinski definition) is 1. The molecule has 84 valence electrons. The van der Waals surface area contributed by atoms with Crippen molar-refractivity contribution in [2.45, 2.75) is 26.2 Å². The van der Waals surface area contributed by atoms with Crippen LogP contribution >= 0.6 is 11.3 Å². The number of nitrogens with two attached hydrogens (primary N) is 1. The summed E-state index contributed by atoms with van der Waals surface area (Å²) in [5, 5.41) is 2.76. The number of hydrogen-bond acceptors (Lipinski definition) is 4. The Morgan fingerprint density at radius 2 is 2.53 bits per heavy atom. The predicted molar refractivity (Wildman–Crippen MR) is 65.1 cm³/mol. The minimum atomic E-state index is 0.692. The van der Waals surface area contributed by atoms with Crippen molar-refractivity contribution in [2.24, 2.45) is 5.92 Å². The first-order valence-corrected chi connectivity index (χ1v) is 6.54. The Labute approximate surface area is 95.3 Å².